The van der Waals surface area contributed by atoms with Crippen molar-refractivity contribution in [3.05, 3.63) is 53.1 Å². The second-order valence-electron chi connectivity index (χ2n) is 6.39. The van der Waals surface area contributed by atoms with Gasteiger partial charge in [0, 0.05) is 14.5 Å². The molecule has 0 unspecified atom stereocenters. The summed E-state index contributed by atoms with van der Waals surface area (Å²) in [5.74, 6) is -0.900. The van der Waals surface area contributed by atoms with Gasteiger partial charge in [0.15, 0.2) is 18.6 Å². The van der Waals surface area contributed by atoms with Gasteiger partial charge < -0.3 is 15.3 Å². The number of halogens is 6. The van der Waals surface area contributed by atoms with Gasteiger partial charge in [-0.1, -0.05) is 0 Å². The van der Waals surface area contributed by atoms with Gasteiger partial charge in [-0.15, -0.1) is 0 Å². The minimum atomic E-state index is -1.07. The van der Waals surface area contributed by atoms with Crippen molar-refractivity contribution in [3.8, 4) is 22.6 Å². The number of phenolic OH excluding ortho intramolecular Hbond substituents is 2. The molecular weight excluding hydrogens is 1010 g/mol. The largest absolute Gasteiger partial charge is 1.00 e. The molecule has 0 saturated carbocycles. The minimum absolute atomic E-state index is 0. The molecule has 4 aromatic rings. The van der Waals surface area contributed by atoms with Crippen LogP contribution in [-0.2, 0) is 0 Å². The molecule has 32 heavy (non-hydrogen) atoms. The van der Waals surface area contributed by atoms with Crippen LogP contribution in [0.4, 0.5) is 0 Å². The summed E-state index contributed by atoms with van der Waals surface area (Å²) in [6.07, 6.45) is 0. The van der Waals surface area contributed by atoms with E-state index in [2.05, 4.69) is 31.9 Å². The predicted octanol–water partition coefficient (Wildman–Crippen LogP) is 5.59. The molecule has 4 rings (SSSR count). The van der Waals surface area contributed by atoms with E-state index in [-0.39, 0.29) is 46.6 Å². The number of carbonyl (C=O) groups is 1. The van der Waals surface area contributed by atoms with Crippen molar-refractivity contribution in [1.82, 2.24) is 0 Å². The molecule has 0 amide bonds. The van der Waals surface area contributed by atoms with E-state index in [1.807, 2.05) is 90.4 Å². The van der Waals surface area contributed by atoms with Gasteiger partial charge in [0.2, 0.25) is 0 Å². The molecule has 0 aliphatic heterocycles. The second kappa shape index (κ2) is 10.7. The van der Waals surface area contributed by atoms with E-state index in [0.29, 0.717) is 56.3 Å². The number of phenols is 2. The molecule has 0 aliphatic rings. The Morgan fingerprint density at radius 1 is 0.812 bits per heavy atom. The van der Waals surface area contributed by atoms with Crippen molar-refractivity contribution in [2.45, 2.75) is 0 Å². The van der Waals surface area contributed by atoms with Gasteiger partial charge in [-0.05, 0) is 152 Å². The van der Waals surface area contributed by atoms with Crippen molar-refractivity contribution in [1.29, 1.82) is 0 Å². The summed E-state index contributed by atoms with van der Waals surface area (Å²) < 4.78 is 9.73. The Bertz CT molecular complexity index is 1390. The third-order valence-electron chi connectivity index (χ3n) is 4.60. The van der Waals surface area contributed by atoms with Gasteiger partial charge in [0.25, 0.3) is 0 Å². The minimum Gasteiger partial charge on any atom is -0.505 e. The molecule has 0 bridgehead atoms. The van der Waals surface area contributed by atoms with Gasteiger partial charge >= 0.3 is 46.7 Å². The molecule has 0 fully saturated rings. The van der Waals surface area contributed by atoms with E-state index in [1.165, 1.54) is 0 Å². The van der Waals surface area contributed by atoms with Crippen LogP contribution < -0.4 is 29.6 Å². The third kappa shape index (κ3) is 4.80. The molecule has 3 aromatic carbocycles. The van der Waals surface area contributed by atoms with Gasteiger partial charge in [-0.3, -0.25) is 0 Å². The monoisotopic (exact) mass is 1020 g/mol. The van der Waals surface area contributed by atoms with Crippen LogP contribution in [0.1, 0.15) is 10.4 Å². The Kier molecular flexibility index (Phi) is 9.33. The van der Waals surface area contributed by atoms with E-state index in [9.17, 15) is 20.1 Å². The van der Waals surface area contributed by atoms with Crippen molar-refractivity contribution in [2.24, 2.45) is 0 Å². The zero-order valence-electron chi connectivity index (χ0n) is 15.7. The van der Waals surface area contributed by atoms with Crippen molar-refractivity contribution in [3.63, 3.8) is 0 Å². The normalized spacial score (nSPS) is 11.1. The van der Waals surface area contributed by atoms with Crippen LogP contribution in [-0.4, -0.2) is 21.3 Å². The SMILES string of the molecule is O=C(O)c1cc(Br)c(Br)cc1-c1c2cc(I)c(O)c(I)c2[o+]c2c(I)c(O)c(I)cc12.[Na+]. The van der Waals surface area contributed by atoms with E-state index in [1.54, 1.807) is 24.3 Å². The van der Waals surface area contributed by atoms with Gasteiger partial charge in [0.1, 0.15) is 0 Å². The number of carboxylic acid groups (broad SMARTS) is 1. The molecule has 0 radical (unpaired) electrons. The zero-order chi connectivity index (χ0) is 22.8. The molecule has 3 N–H and O–H groups in total. The molecule has 1 heterocycles. The van der Waals surface area contributed by atoms with Gasteiger partial charge in [-0.2, -0.15) is 0 Å². The fraction of sp³-hybridized carbons (Fsp3) is 0. The summed E-state index contributed by atoms with van der Waals surface area (Å²) in [5.41, 5.74) is 2.07. The molecule has 0 saturated heterocycles. The Morgan fingerprint density at radius 2 is 1.25 bits per heavy atom. The van der Waals surface area contributed by atoms with Crippen LogP contribution >= 0.6 is 122 Å². The number of hydrogen-bond donors (Lipinski definition) is 3. The molecule has 1 aromatic heterocycles. The number of benzene rings is 3. The number of hydrogen-bond acceptors (Lipinski definition) is 3. The maximum Gasteiger partial charge on any atom is 1.00 e. The topological polar surface area (TPSA) is 89.1 Å². The molecule has 0 atom stereocenters. The number of aromatic hydroxyl groups is 2. The van der Waals surface area contributed by atoms with Gasteiger partial charge in [-0.25, -0.2) is 9.21 Å². The average molecular weight is 1020 g/mol. The van der Waals surface area contributed by atoms with E-state index < -0.39 is 5.97 Å². The smallest absolute Gasteiger partial charge is 0.505 e. The average Bonchev–Trinajstić information content (AvgIpc) is 2.71. The maximum absolute atomic E-state index is 12.2. The first-order chi connectivity index (χ1) is 14.5. The summed E-state index contributed by atoms with van der Waals surface area (Å²) in [4.78, 5) is 12.2. The van der Waals surface area contributed by atoms with Crippen LogP contribution in [0, 0.1) is 14.3 Å². The quantitative estimate of drug-likeness (QED) is 0.106. The number of rotatable bonds is 2. The van der Waals surface area contributed by atoms with Crippen LogP contribution in [0.3, 0.4) is 0 Å². The third-order valence-corrected chi connectivity index (χ3v) is 10.1. The summed E-state index contributed by atoms with van der Waals surface area (Å²) >= 11 is 15.0. The Morgan fingerprint density at radius 3 is 1.69 bits per heavy atom. The van der Waals surface area contributed by atoms with Crippen LogP contribution in [0.2, 0.25) is 0 Å². The summed E-state index contributed by atoms with van der Waals surface area (Å²) in [6, 6.07) is 6.86. The van der Waals surface area contributed by atoms with E-state index >= 15 is 0 Å². The Balaban J connectivity index is 0.00000289. The molecule has 0 spiro atoms. The number of aromatic carboxylic acids is 1. The van der Waals surface area contributed by atoms with Crippen LogP contribution in [0.15, 0.2) is 37.6 Å². The molecule has 0 aliphatic carbocycles. The first kappa shape index (κ1) is 27.9. The fourth-order valence-electron chi connectivity index (χ4n) is 3.22. The molecule has 12 heteroatoms. The molecule has 158 valence electrons. The number of fused-ring (bicyclic) bond motifs is 2. The van der Waals surface area contributed by atoms with Crippen LogP contribution in [0.25, 0.3) is 33.1 Å². The molecule has 5 nitrogen and oxygen atoms in total. The van der Waals surface area contributed by atoms with Gasteiger partial charge in [0.05, 0.1) is 23.5 Å². The standard InChI is InChI=1S/C20H6Br2I4O5.Na/c21-9-1-5(6(20(29)30)2-10(9)22)13-7-3-11(23)16(27)14(25)18(7)31-19-8(13)4-12(24)17(28)15(19)26;/h1-4H,(H2-,27,28,29,30);/q;+1/p+1. The summed E-state index contributed by atoms with van der Waals surface area (Å²) in [6.45, 7) is 0. The zero-order valence-corrected chi connectivity index (χ0v) is 29.5. The first-order valence-electron chi connectivity index (χ1n) is 8.23. The fourth-order valence-corrected chi connectivity index (χ4v) is 7.48. The second-order valence-corrected chi connectivity index (χ2v) is 12.6. The Labute approximate surface area is 275 Å². The van der Waals surface area contributed by atoms with Crippen LogP contribution in [0.5, 0.6) is 11.5 Å². The predicted molar refractivity (Wildman–Crippen MR) is 160 cm³/mol. The van der Waals surface area contributed by atoms with E-state index in [0.717, 1.165) is 0 Å². The first-order valence-corrected chi connectivity index (χ1v) is 14.1. The van der Waals surface area contributed by atoms with E-state index in [4.69, 9.17) is 4.42 Å². The molecular formula is C20H7Br2I4NaO5+2. The van der Waals surface area contributed by atoms with Crippen molar-refractivity contribution in [2.75, 3.05) is 0 Å². The number of carboxylic acids is 1. The Hall–Kier alpha value is 1.28. The maximum atomic E-state index is 12.2. The van der Waals surface area contributed by atoms with Crippen molar-refractivity contribution >= 4 is 150 Å². The summed E-state index contributed by atoms with van der Waals surface area (Å²) in [7, 11) is 0. The summed E-state index contributed by atoms with van der Waals surface area (Å²) in [5, 5.41) is 32.3. The van der Waals surface area contributed by atoms with Crippen molar-refractivity contribution < 1.29 is 54.1 Å².